The quantitative estimate of drug-likeness (QED) is 0.745. The highest BCUT2D eigenvalue weighted by molar-refractivity contribution is 5.70. The molecule has 0 bridgehead atoms. The Morgan fingerprint density at radius 1 is 1.40 bits per heavy atom. The third-order valence-corrected chi connectivity index (χ3v) is 2.34. The monoisotopic (exact) mass is 205 g/mol. The van der Waals surface area contributed by atoms with Crippen molar-refractivity contribution in [2.45, 2.75) is 26.2 Å². The fourth-order valence-corrected chi connectivity index (χ4v) is 1.58. The topological polar surface area (TPSA) is 61.8 Å². The van der Waals surface area contributed by atoms with Crippen LogP contribution in [0.4, 0.5) is 0 Å². The number of aliphatic hydroxyl groups is 1. The molecule has 0 unspecified atom stereocenters. The summed E-state index contributed by atoms with van der Waals surface area (Å²) in [4.78, 5) is 11.9. The molecule has 0 radical (unpaired) electrons. The normalized spacial score (nSPS) is 11.1. The molecule has 0 atom stereocenters. The first kappa shape index (κ1) is 10.1. The van der Waals surface area contributed by atoms with Gasteiger partial charge in [-0.2, -0.15) is 0 Å². The van der Waals surface area contributed by atoms with Crippen LogP contribution in [0, 0.1) is 6.92 Å². The van der Waals surface area contributed by atoms with Crippen LogP contribution in [0.5, 0.6) is 0 Å². The molecule has 0 spiro atoms. The molecule has 2 N–H and O–H groups in total. The highest BCUT2D eigenvalue weighted by atomic mass is 16.2. The van der Waals surface area contributed by atoms with Crippen molar-refractivity contribution in [2.24, 2.45) is 0 Å². The summed E-state index contributed by atoms with van der Waals surface area (Å²) in [5.74, 6) is 0.955. The van der Waals surface area contributed by atoms with E-state index < -0.39 is 0 Å². The van der Waals surface area contributed by atoms with Crippen LogP contribution in [-0.4, -0.2) is 26.7 Å². The third kappa shape index (κ3) is 2.33. The van der Waals surface area contributed by atoms with Crippen LogP contribution in [0.2, 0.25) is 0 Å². The SMILES string of the molecule is Cc1cnc2nc(CCCCO)[nH]c2c1. The first-order chi connectivity index (χ1) is 7.29. The summed E-state index contributed by atoms with van der Waals surface area (Å²) in [6, 6.07) is 2.05. The number of rotatable bonds is 4. The number of aryl methyl sites for hydroxylation is 2. The van der Waals surface area contributed by atoms with Crippen molar-refractivity contribution in [3.05, 3.63) is 23.7 Å². The van der Waals surface area contributed by atoms with Gasteiger partial charge in [0, 0.05) is 19.2 Å². The van der Waals surface area contributed by atoms with Crippen LogP contribution in [0.25, 0.3) is 11.2 Å². The highest BCUT2D eigenvalue weighted by Gasteiger charge is 2.03. The minimum atomic E-state index is 0.248. The van der Waals surface area contributed by atoms with Gasteiger partial charge in [0.1, 0.15) is 5.82 Å². The first-order valence-electron chi connectivity index (χ1n) is 5.21. The van der Waals surface area contributed by atoms with Gasteiger partial charge in [0.2, 0.25) is 0 Å². The zero-order chi connectivity index (χ0) is 10.7. The lowest BCUT2D eigenvalue weighted by atomic mass is 10.2. The number of hydrogen-bond donors (Lipinski definition) is 2. The van der Waals surface area contributed by atoms with Crippen molar-refractivity contribution in [3.63, 3.8) is 0 Å². The predicted molar refractivity (Wildman–Crippen MR) is 58.6 cm³/mol. The summed E-state index contributed by atoms with van der Waals surface area (Å²) >= 11 is 0. The second-order valence-electron chi connectivity index (χ2n) is 3.75. The molecule has 2 aromatic rings. The van der Waals surface area contributed by atoms with E-state index in [0.29, 0.717) is 0 Å². The largest absolute Gasteiger partial charge is 0.396 e. The molecule has 2 heterocycles. The average Bonchev–Trinajstić information content (AvgIpc) is 2.60. The smallest absolute Gasteiger partial charge is 0.177 e. The van der Waals surface area contributed by atoms with Crippen LogP contribution >= 0.6 is 0 Å². The summed E-state index contributed by atoms with van der Waals surface area (Å²) in [5, 5.41) is 8.68. The van der Waals surface area contributed by atoms with Gasteiger partial charge in [0.25, 0.3) is 0 Å². The molecule has 0 saturated carbocycles. The molecule has 2 aromatic heterocycles. The van der Waals surface area contributed by atoms with Gasteiger partial charge in [-0.3, -0.25) is 0 Å². The lowest BCUT2D eigenvalue weighted by molar-refractivity contribution is 0.284. The maximum absolute atomic E-state index is 8.68. The lowest BCUT2D eigenvalue weighted by Crippen LogP contribution is -1.90. The van der Waals surface area contributed by atoms with Crippen molar-refractivity contribution in [3.8, 4) is 0 Å². The van der Waals surface area contributed by atoms with Crippen molar-refractivity contribution in [1.29, 1.82) is 0 Å². The molecule has 15 heavy (non-hydrogen) atoms. The standard InChI is InChI=1S/C11H15N3O/c1-8-6-9-11(12-7-8)14-10(13-9)4-2-3-5-15/h6-7,15H,2-5H2,1H3,(H,12,13,14). The zero-order valence-corrected chi connectivity index (χ0v) is 8.82. The summed E-state index contributed by atoms with van der Waals surface area (Å²) in [5.41, 5.74) is 2.90. The molecule has 0 saturated heterocycles. The average molecular weight is 205 g/mol. The second-order valence-corrected chi connectivity index (χ2v) is 3.75. The van der Waals surface area contributed by atoms with Crippen LogP contribution in [0.3, 0.4) is 0 Å². The maximum atomic E-state index is 8.68. The van der Waals surface area contributed by atoms with Gasteiger partial charge in [-0.05, 0) is 31.4 Å². The summed E-state index contributed by atoms with van der Waals surface area (Å²) in [6.45, 7) is 2.26. The molecule has 0 aliphatic carbocycles. The molecule has 4 nitrogen and oxygen atoms in total. The number of pyridine rings is 1. The van der Waals surface area contributed by atoms with E-state index >= 15 is 0 Å². The Labute approximate surface area is 88.4 Å². The lowest BCUT2D eigenvalue weighted by Gasteiger charge is -1.93. The minimum Gasteiger partial charge on any atom is -0.396 e. The number of imidazole rings is 1. The molecule has 4 heteroatoms. The molecule has 0 fully saturated rings. The Kier molecular flexibility index (Phi) is 2.97. The van der Waals surface area contributed by atoms with E-state index in [1.807, 2.05) is 19.2 Å². The van der Waals surface area contributed by atoms with Crippen molar-refractivity contribution < 1.29 is 5.11 Å². The van der Waals surface area contributed by atoms with Crippen LogP contribution in [0.1, 0.15) is 24.2 Å². The summed E-state index contributed by atoms with van der Waals surface area (Å²) in [6.07, 6.45) is 4.47. The number of hydrogen-bond acceptors (Lipinski definition) is 3. The Bertz CT molecular complexity index is 450. The molecule has 0 amide bonds. The molecule has 2 rings (SSSR count). The fraction of sp³-hybridized carbons (Fsp3) is 0.455. The van der Waals surface area contributed by atoms with Gasteiger partial charge < -0.3 is 10.1 Å². The summed E-state index contributed by atoms with van der Waals surface area (Å²) in [7, 11) is 0. The van der Waals surface area contributed by atoms with E-state index in [2.05, 4.69) is 15.0 Å². The zero-order valence-electron chi connectivity index (χ0n) is 8.82. The number of unbranched alkanes of at least 4 members (excludes halogenated alkanes) is 1. The van der Waals surface area contributed by atoms with Crippen molar-refractivity contribution in [2.75, 3.05) is 6.61 Å². The van der Waals surface area contributed by atoms with Crippen LogP contribution in [-0.2, 0) is 6.42 Å². The minimum absolute atomic E-state index is 0.248. The number of nitrogens with zero attached hydrogens (tertiary/aromatic N) is 2. The highest BCUT2D eigenvalue weighted by Crippen LogP contribution is 2.11. The summed E-state index contributed by atoms with van der Waals surface area (Å²) < 4.78 is 0. The van der Waals surface area contributed by atoms with E-state index in [9.17, 15) is 0 Å². The number of aromatic nitrogens is 3. The van der Waals surface area contributed by atoms with Crippen molar-refractivity contribution in [1.82, 2.24) is 15.0 Å². The van der Waals surface area contributed by atoms with Crippen molar-refractivity contribution >= 4 is 11.2 Å². The molecular formula is C11H15N3O. The first-order valence-corrected chi connectivity index (χ1v) is 5.21. The number of nitrogens with one attached hydrogen (secondary N) is 1. The molecular weight excluding hydrogens is 190 g/mol. The Morgan fingerprint density at radius 2 is 2.27 bits per heavy atom. The molecule has 0 aromatic carbocycles. The predicted octanol–water partition coefficient (Wildman–Crippen LogP) is 1.58. The molecule has 0 aliphatic rings. The Hall–Kier alpha value is -1.42. The van der Waals surface area contributed by atoms with Gasteiger partial charge in [0.15, 0.2) is 5.65 Å². The number of aromatic amines is 1. The van der Waals surface area contributed by atoms with Gasteiger partial charge in [-0.15, -0.1) is 0 Å². The molecule has 80 valence electrons. The van der Waals surface area contributed by atoms with Gasteiger partial charge in [-0.1, -0.05) is 0 Å². The van der Waals surface area contributed by atoms with Crippen LogP contribution in [0.15, 0.2) is 12.3 Å². The number of fused-ring (bicyclic) bond motifs is 1. The Morgan fingerprint density at radius 3 is 3.07 bits per heavy atom. The number of H-pyrrole nitrogens is 1. The van der Waals surface area contributed by atoms with E-state index in [-0.39, 0.29) is 6.61 Å². The van der Waals surface area contributed by atoms with Gasteiger partial charge >= 0.3 is 0 Å². The van der Waals surface area contributed by atoms with E-state index in [1.54, 1.807) is 0 Å². The number of aliphatic hydroxyl groups excluding tert-OH is 1. The van der Waals surface area contributed by atoms with Gasteiger partial charge in [-0.25, -0.2) is 9.97 Å². The fourth-order valence-electron chi connectivity index (χ4n) is 1.58. The Balaban J connectivity index is 2.16. The maximum Gasteiger partial charge on any atom is 0.177 e. The molecule has 0 aliphatic heterocycles. The third-order valence-electron chi connectivity index (χ3n) is 2.34. The van der Waals surface area contributed by atoms with E-state index in [1.165, 1.54) is 0 Å². The van der Waals surface area contributed by atoms with Gasteiger partial charge in [0.05, 0.1) is 5.52 Å². The van der Waals surface area contributed by atoms with E-state index in [0.717, 1.165) is 41.8 Å². The van der Waals surface area contributed by atoms with Crippen LogP contribution < -0.4 is 0 Å². The van der Waals surface area contributed by atoms with E-state index in [4.69, 9.17) is 5.11 Å². The second kappa shape index (κ2) is 4.40.